The molecule has 0 aromatic heterocycles. The lowest BCUT2D eigenvalue weighted by Crippen LogP contribution is -1.77. The highest BCUT2D eigenvalue weighted by molar-refractivity contribution is 8.09. The van der Waals surface area contributed by atoms with Crippen LogP contribution in [0.15, 0.2) is 0 Å². The molecule has 0 aliphatic heterocycles. The SMILES string of the molecule is N.O=S(=O)(O)Cl. The second kappa shape index (κ2) is 2.35. The van der Waals surface area contributed by atoms with E-state index in [1.54, 1.807) is 0 Å². The second-order valence-corrected chi connectivity index (χ2v) is 2.41. The minimum Gasteiger partial charge on any atom is -0.344 e. The Balaban J connectivity index is 0. The zero-order chi connectivity index (χ0) is 4.50. The van der Waals surface area contributed by atoms with E-state index in [1.807, 2.05) is 0 Å². The van der Waals surface area contributed by atoms with E-state index in [1.165, 1.54) is 0 Å². The van der Waals surface area contributed by atoms with Crippen LogP contribution in [0.25, 0.3) is 0 Å². The third kappa shape index (κ3) is 1620. The van der Waals surface area contributed by atoms with Gasteiger partial charge in [-0.15, -0.1) is 0 Å². The molecule has 0 bridgehead atoms. The number of hydrogen-bond acceptors (Lipinski definition) is 3. The molecule has 0 saturated carbocycles. The van der Waals surface area contributed by atoms with E-state index in [0.29, 0.717) is 0 Å². The number of halogens is 1. The summed E-state index contributed by atoms with van der Waals surface area (Å²) in [6.45, 7) is 0. The molecule has 0 spiro atoms. The highest BCUT2D eigenvalue weighted by Crippen LogP contribution is 1.82. The van der Waals surface area contributed by atoms with Crippen molar-refractivity contribution in [2.75, 3.05) is 0 Å². The first-order valence-electron chi connectivity index (χ1n) is 0.670. The molecule has 0 heterocycles. The molecule has 0 unspecified atom stereocenters. The van der Waals surface area contributed by atoms with Crippen molar-refractivity contribution < 1.29 is 13.0 Å². The average Bonchev–Trinajstić information content (AvgIpc) is 0.722. The van der Waals surface area contributed by atoms with Crippen molar-refractivity contribution in [2.45, 2.75) is 0 Å². The van der Waals surface area contributed by atoms with Crippen LogP contribution in [0.3, 0.4) is 0 Å². The molecule has 0 aliphatic carbocycles. The fourth-order valence-electron chi connectivity index (χ4n) is 0. The molecule has 0 fully saturated rings. The monoisotopic (exact) mass is 133 g/mol. The van der Waals surface area contributed by atoms with Gasteiger partial charge in [0.25, 0.3) is 0 Å². The summed E-state index contributed by atoms with van der Waals surface area (Å²) < 4.78 is 25.2. The molecule has 0 radical (unpaired) electrons. The van der Waals surface area contributed by atoms with Gasteiger partial charge in [0.05, 0.1) is 0 Å². The van der Waals surface area contributed by atoms with Gasteiger partial charge in [-0.1, -0.05) is 0 Å². The van der Waals surface area contributed by atoms with Crippen LogP contribution >= 0.6 is 10.7 Å². The van der Waals surface area contributed by atoms with Crippen LogP contribution < -0.4 is 6.15 Å². The van der Waals surface area contributed by atoms with Gasteiger partial charge in [-0.3, -0.25) is 4.55 Å². The van der Waals surface area contributed by atoms with Crippen LogP contribution in [-0.2, 0) is 9.33 Å². The molecular weight excluding hydrogens is 130 g/mol. The molecule has 0 aromatic rings. The summed E-state index contributed by atoms with van der Waals surface area (Å²) in [5, 5.41) is 0. The highest BCUT2D eigenvalue weighted by atomic mass is 35.7. The fourth-order valence-corrected chi connectivity index (χ4v) is 0. The Morgan fingerprint density at radius 1 is 1.50 bits per heavy atom. The molecule has 0 atom stereocenters. The molecular formula is H4ClNO3S. The van der Waals surface area contributed by atoms with E-state index in [9.17, 15) is 0 Å². The third-order valence-electron chi connectivity index (χ3n) is 0. The molecule has 6 heavy (non-hydrogen) atoms. The minimum atomic E-state index is -4.19. The Morgan fingerprint density at radius 3 is 1.50 bits per heavy atom. The predicted octanol–water partition coefficient (Wildman–Crippen LogP) is 0.190. The summed E-state index contributed by atoms with van der Waals surface area (Å²) in [5.74, 6) is 0. The molecule has 0 aromatic carbocycles. The molecule has 0 rings (SSSR count). The van der Waals surface area contributed by atoms with Crippen molar-refractivity contribution in [3.63, 3.8) is 0 Å². The van der Waals surface area contributed by atoms with Gasteiger partial charge in [0.1, 0.15) is 0 Å². The molecule has 4 nitrogen and oxygen atoms in total. The summed E-state index contributed by atoms with van der Waals surface area (Å²) >= 11 is 0. The first-order chi connectivity index (χ1) is 2.00. The van der Waals surface area contributed by atoms with Gasteiger partial charge in [0, 0.05) is 10.7 Å². The van der Waals surface area contributed by atoms with Crippen LogP contribution in [0.4, 0.5) is 0 Å². The van der Waals surface area contributed by atoms with E-state index in [2.05, 4.69) is 10.7 Å². The van der Waals surface area contributed by atoms with Crippen LogP contribution in [0.2, 0.25) is 0 Å². The van der Waals surface area contributed by atoms with Gasteiger partial charge in [-0.2, -0.15) is 8.42 Å². The quantitative estimate of drug-likeness (QED) is 0.365. The summed E-state index contributed by atoms with van der Waals surface area (Å²) in [4.78, 5) is 0. The van der Waals surface area contributed by atoms with Crippen molar-refractivity contribution in [1.29, 1.82) is 0 Å². The number of hydrogen-bond donors (Lipinski definition) is 2. The van der Waals surface area contributed by atoms with Crippen molar-refractivity contribution in [3.8, 4) is 0 Å². The summed E-state index contributed by atoms with van der Waals surface area (Å²) in [7, 11) is -0.137. The lowest BCUT2D eigenvalue weighted by molar-refractivity contribution is 0.501. The molecule has 0 saturated heterocycles. The topological polar surface area (TPSA) is 89.4 Å². The Hall–Kier alpha value is 0.160. The van der Waals surface area contributed by atoms with Crippen LogP contribution in [0.1, 0.15) is 0 Å². The van der Waals surface area contributed by atoms with Crippen molar-refractivity contribution in [3.05, 3.63) is 0 Å². The largest absolute Gasteiger partial charge is 0.353 e. The van der Waals surface area contributed by atoms with E-state index < -0.39 is 9.33 Å². The normalized spacial score (nSPS) is 9.67. The minimum absolute atomic E-state index is 0. The van der Waals surface area contributed by atoms with Crippen molar-refractivity contribution >= 4 is 20.0 Å². The summed E-state index contributed by atoms with van der Waals surface area (Å²) in [6.07, 6.45) is 0. The standard InChI is InChI=1S/ClHO3S.H3N/c1-5(2,3)4;/h(H,2,3,4);1H3. The first kappa shape index (κ1) is 9.48. The Morgan fingerprint density at radius 2 is 1.50 bits per heavy atom. The number of rotatable bonds is 0. The Bertz CT molecular complexity index is 94.0. The molecule has 0 aliphatic rings. The first-order valence-corrected chi connectivity index (χ1v) is 2.94. The second-order valence-electron chi connectivity index (χ2n) is 0.412. The average molecular weight is 134 g/mol. The fraction of sp³-hybridized carbons (Fsp3) is 0. The lowest BCUT2D eigenvalue weighted by Gasteiger charge is -1.65. The maximum absolute atomic E-state index is 8.95. The third-order valence-corrected chi connectivity index (χ3v) is 0. The maximum atomic E-state index is 8.95. The van der Waals surface area contributed by atoms with Crippen molar-refractivity contribution in [1.82, 2.24) is 6.15 Å². The Labute approximate surface area is 39.9 Å². The smallest absolute Gasteiger partial charge is 0.344 e. The lowest BCUT2D eigenvalue weighted by atomic mass is 14.0. The summed E-state index contributed by atoms with van der Waals surface area (Å²) in [6, 6.07) is 0. The van der Waals surface area contributed by atoms with E-state index >= 15 is 0 Å². The van der Waals surface area contributed by atoms with E-state index in [0.717, 1.165) is 0 Å². The van der Waals surface area contributed by atoms with Crippen molar-refractivity contribution in [2.24, 2.45) is 0 Å². The zero-order valence-electron chi connectivity index (χ0n) is 2.76. The Kier molecular flexibility index (Phi) is 3.72. The van der Waals surface area contributed by atoms with Gasteiger partial charge in [-0.05, 0) is 0 Å². The van der Waals surface area contributed by atoms with Crippen LogP contribution in [0, 0.1) is 0 Å². The van der Waals surface area contributed by atoms with Crippen LogP contribution in [0.5, 0.6) is 0 Å². The maximum Gasteiger partial charge on any atom is 0.353 e. The zero-order valence-corrected chi connectivity index (χ0v) is 4.33. The van der Waals surface area contributed by atoms with Gasteiger partial charge < -0.3 is 6.15 Å². The van der Waals surface area contributed by atoms with E-state index in [4.69, 9.17) is 13.0 Å². The predicted molar refractivity (Wildman–Crippen MR) is 22.4 cm³/mol. The molecule has 0 amide bonds. The van der Waals surface area contributed by atoms with Gasteiger partial charge >= 0.3 is 9.33 Å². The van der Waals surface area contributed by atoms with Gasteiger partial charge in [-0.25, -0.2) is 0 Å². The molecule has 6 heteroatoms. The highest BCUT2D eigenvalue weighted by Gasteiger charge is 1.86. The van der Waals surface area contributed by atoms with Crippen LogP contribution in [-0.4, -0.2) is 13.0 Å². The van der Waals surface area contributed by atoms with E-state index in [-0.39, 0.29) is 6.15 Å². The summed E-state index contributed by atoms with van der Waals surface area (Å²) in [5.41, 5.74) is 0. The molecule has 4 N–H and O–H groups in total. The van der Waals surface area contributed by atoms with Gasteiger partial charge in [0.15, 0.2) is 0 Å². The molecule has 40 valence electrons. The van der Waals surface area contributed by atoms with Gasteiger partial charge in [0.2, 0.25) is 0 Å².